The maximum atomic E-state index is 12.6. The lowest BCUT2D eigenvalue weighted by molar-refractivity contribution is -0.597. The summed E-state index contributed by atoms with van der Waals surface area (Å²) in [7, 11) is 5.22. The first kappa shape index (κ1) is 26.0. The summed E-state index contributed by atoms with van der Waals surface area (Å²) in [4.78, 5) is 36.7. The lowest BCUT2D eigenvalue weighted by Gasteiger charge is -2.21. The summed E-state index contributed by atoms with van der Waals surface area (Å²) in [5.74, 6) is -0.270. The smallest absolute Gasteiger partial charge is 0.359 e. The molecule has 3 amide bonds. The zero-order valence-corrected chi connectivity index (χ0v) is 23.6. The van der Waals surface area contributed by atoms with E-state index >= 15 is 0 Å². The highest BCUT2D eigenvalue weighted by atomic mass is 127. The Balaban J connectivity index is 0.00000324. The number of nitrogens with zero attached hydrogens (tertiary/aromatic N) is 4. The number of carbonyl (C=O) groups excluding carboxylic acids is 2. The molecule has 4 rings (SSSR count). The lowest BCUT2D eigenvalue weighted by Crippen LogP contribution is -3.61. The lowest BCUT2D eigenvalue weighted by atomic mass is 10.2. The van der Waals surface area contributed by atoms with Crippen LogP contribution in [0.3, 0.4) is 0 Å². The molecule has 176 valence electrons. The molecule has 0 bridgehead atoms. The number of fused-ring (bicyclic) bond motifs is 1. The summed E-state index contributed by atoms with van der Waals surface area (Å²) in [6.07, 6.45) is 1.76. The second kappa shape index (κ2) is 11.2. The van der Waals surface area contributed by atoms with Crippen LogP contribution < -0.4 is 48.4 Å². The van der Waals surface area contributed by atoms with Gasteiger partial charge in [-0.25, -0.2) is 14.8 Å². The molecule has 0 radical (unpaired) electrons. The molecule has 2 heterocycles. The molecule has 4 aromatic rings. The number of anilines is 2. The largest absolute Gasteiger partial charge is 1.00 e. The summed E-state index contributed by atoms with van der Waals surface area (Å²) in [6, 6.07) is 17.6. The van der Waals surface area contributed by atoms with Crippen molar-refractivity contribution in [1.29, 1.82) is 0 Å². The summed E-state index contributed by atoms with van der Waals surface area (Å²) in [5, 5.41) is 3.42. The number of benzene rings is 2. The van der Waals surface area contributed by atoms with Crippen LogP contribution in [0.1, 0.15) is 16.1 Å². The molecule has 0 saturated heterocycles. The first-order valence-corrected chi connectivity index (χ1v) is 13.1. The van der Waals surface area contributed by atoms with E-state index in [1.54, 1.807) is 43.2 Å². The van der Waals surface area contributed by atoms with Crippen LogP contribution in [0.15, 0.2) is 60.8 Å². The van der Waals surface area contributed by atoms with E-state index < -0.39 is 21.2 Å². The van der Waals surface area contributed by atoms with Gasteiger partial charge in [-0.2, -0.15) is 0 Å². The number of rotatable bonds is 5. The van der Waals surface area contributed by atoms with Gasteiger partial charge in [-0.1, -0.05) is 17.4 Å². The third kappa shape index (κ3) is 6.10. The second-order valence-corrected chi connectivity index (χ2v) is 11.7. The van der Waals surface area contributed by atoms with Crippen LogP contribution in [-0.2, 0) is 0 Å². The monoisotopic (exact) mass is 651 g/mol. The first-order chi connectivity index (χ1) is 15.8. The van der Waals surface area contributed by atoms with E-state index in [9.17, 15) is 9.59 Å². The molecule has 0 atom stereocenters. The molecule has 0 aliphatic heterocycles. The maximum absolute atomic E-state index is 12.6. The number of hydrogen-bond donors (Lipinski definition) is 1. The van der Waals surface area contributed by atoms with Crippen LogP contribution in [0, 0.1) is 14.1 Å². The summed E-state index contributed by atoms with van der Waals surface area (Å²) >= 11 is 1.00. The van der Waals surface area contributed by atoms with E-state index in [1.807, 2.05) is 49.4 Å². The molecule has 0 spiro atoms. The van der Waals surface area contributed by atoms with E-state index in [2.05, 4.69) is 21.4 Å². The number of urea groups is 1. The van der Waals surface area contributed by atoms with E-state index in [0.29, 0.717) is 10.8 Å². The van der Waals surface area contributed by atoms with Crippen molar-refractivity contribution < 1.29 is 47.8 Å². The van der Waals surface area contributed by atoms with E-state index in [0.717, 1.165) is 25.0 Å². The Labute approximate surface area is 223 Å². The Hall–Kier alpha value is -2.57. The zero-order chi connectivity index (χ0) is 23.5. The molecule has 1 N–H and O–H groups in total. The van der Waals surface area contributed by atoms with Crippen molar-refractivity contribution in [2.75, 3.05) is 31.4 Å². The van der Waals surface area contributed by atoms with Gasteiger partial charge in [0.15, 0.2) is 8.70 Å². The van der Waals surface area contributed by atoms with Gasteiger partial charge in [0.1, 0.15) is 5.69 Å². The Morgan fingerprint density at radius 3 is 2.32 bits per heavy atom. The average Bonchev–Trinajstić information content (AvgIpc) is 3.20. The average molecular weight is 652 g/mol. The minimum atomic E-state index is -0.450. The molecular weight excluding hydrogens is 629 g/mol. The van der Waals surface area contributed by atoms with Crippen LogP contribution in [0.25, 0.3) is 10.2 Å². The fourth-order valence-electron chi connectivity index (χ4n) is 3.08. The molecule has 0 aliphatic carbocycles. The maximum Gasteiger partial charge on any atom is 0.359 e. The van der Waals surface area contributed by atoms with Crippen molar-refractivity contribution >= 4 is 44.3 Å². The van der Waals surface area contributed by atoms with Gasteiger partial charge in [0, 0.05) is 26.8 Å². The number of halogens is 2. The molecule has 10 heteroatoms. The van der Waals surface area contributed by atoms with Gasteiger partial charge in [0.05, 0.1) is 16.4 Å². The third-order valence-corrected chi connectivity index (χ3v) is 8.36. The predicted octanol–water partition coefficient (Wildman–Crippen LogP) is -1.50. The van der Waals surface area contributed by atoms with Gasteiger partial charge < -0.3 is 21.9 Å². The molecule has 7 nitrogen and oxygen atoms in total. The quantitative estimate of drug-likeness (QED) is 0.267. The summed E-state index contributed by atoms with van der Waals surface area (Å²) in [6.45, 7) is 2.03. The van der Waals surface area contributed by atoms with Crippen LogP contribution >= 0.6 is 11.3 Å². The van der Waals surface area contributed by atoms with Crippen molar-refractivity contribution in [1.82, 2.24) is 14.9 Å². The Morgan fingerprint density at radius 2 is 1.68 bits per heavy atom. The highest BCUT2D eigenvalue weighted by Gasteiger charge is 2.19. The fraction of sp³-hybridized carbons (Fsp3) is 0.167. The molecule has 2 aromatic heterocycles. The minimum Gasteiger partial charge on any atom is -1.00 e. The number of aryl methyl sites for hydroxylation is 1. The fourth-order valence-corrected chi connectivity index (χ4v) is 6.11. The van der Waals surface area contributed by atoms with Gasteiger partial charge in [0.2, 0.25) is 3.57 Å². The van der Waals surface area contributed by atoms with Gasteiger partial charge in [-0.3, -0.25) is 15.0 Å². The number of carbonyl (C=O) groups is 2. The SMILES string of the molecule is Cc1ccc2nc(NC(=O)c3ccc([I+]c4ccc(N(C)C(=O)N(C)C)cc4)cn3)sc2c1.[Br-]. The number of hydrogen-bond acceptors (Lipinski definition) is 5. The molecule has 34 heavy (non-hydrogen) atoms. The van der Waals surface area contributed by atoms with Crippen LogP contribution in [-0.4, -0.2) is 47.9 Å². The Bertz CT molecular complexity index is 1310. The highest BCUT2D eigenvalue weighted by molar-refractivity contribution is 7.22. The van der Waals surface area contributed by atoms with Gasteiger partial charge in [-0.05, 0) is 61.0 Å². The van der Waals surface area contributed by atoms with Crippen LogP contribution in [0.4, 0.5) is 15.6 Å². The van der Waals surface area contributed by atoms with Gasteiger partial charge >= 0.3 is 27.2 Å². The van der Waals surface area contributed by atoms with Crippen molar-refractivity contribution in [2.45, 2.75) is 6.92 Å². The number of nitrogens with one attached hydrogen (secondary N) is 1. The highest BCUT2D eigenvalue weighted by Crippen LogP contribution is 2.26. The second-order valence-electron chi connectivity index (χ2n) is 7.61. The van der Waals surface area contributed by atoms with Crippen LogP contribution in [0.2, 0.25) is 0 Å². The number of pyridine rings is 1. The van der Waals surface area contributed by atoms with E-state index in [-0.39, 0.29) is 28.9 Å². The summed E-state index contributed by atoms with van der Waals surface area (Å²) < 4.78 is 3.35. The number of amides is 3. The molecule has 0 unspecified atom stereocenters. The normalized spacial score (nSPS) is 10.5. The minimum absolute atomic E-state index is 0. The van der Waals surface area contributed by atoms with Gasteiger partial charge in [0.25, 0.3) is 5.91 Å². The number of aromatic nitrogens is 2. The van der Waals surface area contributed by atoms with Crippen molar-refractivity contribution in [2.24, 2.45) is 0 Å². The first-order valence-electron chi connectivity index (χ1n) is 10.1. The topological polar surface area (TPSA) is 78.4 Å². The van der Waals surface area contributed by atoms with Crippen molar-refractivity contribution in [3.63, 3.8) is 0 Å². The molecule has 2 aromatic carbocycles. The molecular formula is C24H23BrIN5O2S. The molecule has 0 aliphatic rings. The molecule has 0 fully saturated rings. The Kier molecular flexibility index (Phi) is 8.61. The van der Waals surface area contributed by atoms with Gasteiger partial charge in [-0.15, -0.1) is 0 Å². The van der Waals surface area contributed by atoms with E-state index in [1.165, 1.54) is 14.9 Å². The summed E-state index contributed by atoms with van der Waals surface area (Å²) in [5.41, 5.74) is 3.24. The zero-order valence-electron chi connectivity index (χ0n) is 19.0. The third-order valence-electron chi connectivity index (χ3n) is 4.83. The standard InChI is InChI=1S/C24H22IN5O2S.BrH/c1-15-5-11-19-21(13-15)33-23(27-19)28-22(31)20-12-8-17(14-26-20)25-16-6-9-18(10-7-16)30(4)24(32)29(2)3;/h5-14H,1-4H3;1H. The number of thiazole rings is 1. The van der Waals surface area contributed by atoms with Crippen LogP contribution in [0.5, 0.6) is 0 Å². The van der Waals surface area contributed by atoms with E-state index in [4.69, 9.17) is 0 Å². The predicted molar refractivity (Wildman–Crippen MR) is 128 cm³/mol. The molecule has 0 saturated carbocycles. The Morgan fingerprint density at radius 1 is 0.971 bits per heavy atom. The van der Waals surface area contributed by atoms with Crippen molar-refractivity contribution in [3.8, 4) is 0 Å². The van der Waals surface area contributed by atoms with Crippen molar-refractivity contribution in [3.05, 3.63) is 79.2 Å².